The summed E-state index contributed by atoms with van der Waals surface area (Å²) < 4.78 is 12.6. The van der Waals surface area contributed by atoms with Gasteiger partial charge in [0.2, 0.25) is 0 Å². The van der Waals surface area contributed by atoms with E-state index in [1.807, 2.05) is 0 Å². The van der Waals surface area contributed by atoms with Crippen molar-refractivity contribution in [1.29, 1.82) is 0 Å². The van der Waals surface area contributed by atoms with Crippen LogP contribution in [-0.4, -0.2) is 41.9 Å². The van der Waals surface area contributed by atoms with Gasteiger partial charge < -0.3 is 9.47 Å². The van der Waals surface area contributed by atoms with Crippen molar-refractivity contribution in [1.82, 2.24) is 9.97 Å². The molecule has 0 aromatic carbocycles. The highest BCUT2D eigenvalue weighted by atomic mass is 35.5. The summed E-state index contributed by atoms with van der Waals surface area (Å²) in [5.74, 6) is 1.14. The van der Waals surface area contributed by atoms with Crippen molar-refractivity contribution in [2.24, 2.45) is 0 Å². The van der Waals surface area contributed by atoms with Crippen LogP contribution in [0.3, 0.4) is 0 Å². The number of ether oxygens (including phenoxy) is 2. The molecule has 5 heterocycles. The molecule has 1 saturated heterocycles. The van der Waals surface area contributed by atoms with Crippen LogP contribution in [0.25, 0.3) is 20.4 Å². The largest absolute Gasteiger partial charge is 0.373 e. The minimum atomic E-state index is -0.200. The van der Waals surface area contributed by atoms with Gasteiger partial charge in [0.25, 0.3) is 5.82 Å². The van der Waals surface area contributed by atoms with E-state index in [1.165, 1.54) is 11.1 Å². The number of nitrogens with one attached hydrogen (secondary N) is 1. The number of H-pyrrole nitrogens is 1. The zero-order valence-corrected chi connectivity index (χ0v) is 16.3. The smallest absolute Gasteiger partial charge is 0.281 e. The van der Waals surface area contributed by atoms with Gasteiger partial charge in [0.05, 0.1) is 46.6 Å². The molecule has 0 aliphatic carbocycles. The highest BCUT2D eigenvalue weighted by Gasteiger charge is 2.36. The number of pyridine rings is 1. The Kier molecular flexibility index (Phi) is 3.83. The second kappa shape index (κ2) is 5.99. The van der Waals surface area contributed by atoms with Crippen molar-refractivity contribution >= 4 is 49.2 Å². The molecule has 2 aliphatic heterocycles. The van der Waals surface area contributed by atoms with Gasteiger partial charge in [0.1, 0.15) is 24.6 Å². The Bertz CT molecular complexity index is 1010. The molecule has 136 valence electrons. The molecular formula is C18H20ClN4O2S+. The molecule has 1 fully saturated rings. The lowest BCUT2D eigenvalue weighted by molar-refractivity contribution is -0.329. The van der Waals surface area contributed by atoms with Crippen molar-refractivity contribution in [2.75, 3.05) is 31.2 Å². The topological polar surface area (TPSA) is 61.6 Å². The van der Waals surface area contributed by atoms with Gasteiger partial charge in [-0.2, -0.15) is 0 Å². The van der Waals surface area contributed by atoms with Crippen LogP contribution in [0, 0.1) is 0 Å². The van der Waals surface area contributed by atoms with Crippen molar-refractivity contribution in [2.45, 2.75) is 32.5 Å². The third kappa shape index (κ3) is 2.57. The summed E-state index contributed by atoms with van der Waals surface area (Å²) in [5, 5.41) is 1.68. The van der Waals surface area contributed by atoms with E-state index < -0.39 is 0 Å². The summed E-state index contributed by atoms with van der Waals surface area (Å²) in [6, 6.07) is 0. The second-order valence-electron chi connectivity index (χ2n) is 7.40. The van der Waals surface area contributed by atoms with Gasteiger partial charge in [-0.3, -0.25) is 4.90 Å². The lowest BCUT2D eigenvalue weighted by Gasteiger charge is -2.33. The third-order valence-electron chi connectivity index (χ3n) is 5.15. The first-order valence-corrected chi connectivity index (χ1v) is 9.99. The summed E-state index contributed by atoms with van der Waals surface area (Å²) in [7, 11) is 0. The van der Waals surface area contributed by atoms with Gasteiger partial charge in [-0.1, -0.05) is 22.9 Å². The van der Waals surface area contributed by atoms with E-state index in [4.69, 9.17) is 21.1 Å². The van der Waals surface area contributed by atoms with Gasteiger partial charge in [0.15, 0.2) is 4.83 Å². The van der Waals surface area contributed by atoms with Crippen LogP contribution in [0.5, 0.6) is 0 Å². The SMILES string of the molecule is CC1(C)Cc2c(c(N3CCOCC3)[nH+]c3sc4c(Cl)ncnc4c23)CO1. The number of nitrogens with zero attached hydrogens (tertiary/aromatic N) is 3. The molecule has 0 radical (unpaired) electrons. The van der Waals surface area contributed by atoms with E-state index in [1.54, 1.807) is 17.7 Å². The minimum absolute atomic E-state index is 0.200. The number of hydrogen-bond donors (Lipinski definition) is 0. The van der Waals surface area contributed by atoms with E-state index in [-0.39, 0.29) is 5.60 Å². The van der Waals surface area contributed by atoms with Gasteiger partial charge in [0, 0.05) is 6.42 Å². The lowest BCUT2D eigenvalue weighted by Crippen LogP contribution is -2.42. The molecule has 0 spiro atoms. The molecule has 0 saturated carbocycles. The van der Waals surface area contributed by atoms with Crippen LogP contribution < -0.4 is 9.88 Å². The van der Waals surface area contributed by atoms with Gasteiger partial charge in [-0.15, -0.1) is 0 Å². The van der Waals surface area contributed by atoms with Crippen molar-refractivity contribution in [3.05, 3.63) is 22.6 Å². The first-order valence-electron chi connectivity index (χ1n) is 8.80. The first-order chi connectivity index (χ1) is 12.5. The Morgan fingerprint density at radius 3 is 2.85 bits per heavy atom. The van der Waals surface area contributed by atoms with Gasteiger partial charge >= 0.3 is 0 Å². The first kappa shape index (κ1) is 16.6. The average Bonchev–Trinajstić information content (AvgIpc) is 3.01. The highest BCUT2D eigenvalue weighted by Crippen LogP contribution is 2.42. The number of halogens is 1. The molecule has 0 amide bonds. The fourth-order valence-corrected chi connectivity index (χ4v) is 5.19. The molecule has 2 aliphatic rings. The maximum Gasteiger partial charge on any atom is 0.281 e. The monoisotopic (exact) mass is 391 g/mol. The van der Waals surface area contributed by atoms with Crippen molar-refractivity contribution < 1.29 is 14.5 Å². The number of aromatic nitrogens is 3. The number of fused-ring (bicyclic) bond motifs is 5. The summed E-state index contributed by atoms with van der Waals surface area (Å²) in [5.41, 5.74) is 3.28. The molecule has 5 rings (SSSR count). The Balaban J connectivity index is 1.82. The van der Waals surface area contributed by atoms with Crippen LogP contribution >= 0.6 is 22.9 Å². The van der Waals surface area contributed by atoms with Crippen LogP contribution in [0.1, 0.15) is 25.0 Å². The van der Waals surface area contributed by atoms with E-state index in [9.17, 15) is 0 Å². The Morgan fingerprint density at radius 2 is 2.04 bits per heavy atom. The van der Waals surface area contributed by atoms with Crippen molar-refractivity contribution in [3.8, 4) is 0 Å². The minimum Gasteiger partial charge on any atom is -0.373 e. The molecule has 0 bridgehead atoms. The molecular weight excluding hydrogens is 372 g/mol. The Morgan fingerprint density at radius 1 is 1.23 bits per heavy atom. The number of thiophene rings is 1. The third-order valence-corrected chi connectivity index (χ3v) is 6.65. The maximum absolute atomic E-state index is 6.35. The van der Waals surface area contributed by atoms with Gasteiger partial charge in [-0.25, -0.2) is 15.0 Å². The fourth-order valence-electron chi connectivity index (χ4n) is 3.88. The number of anilines is 1. The van der Waals surface area contributed by atoms with E-state index in [0.29, 0.717) is 11.8 Å². The molecule has 1 N–H and O–H groups in total. The molecule has 26 heavy (non-hydrogen) atoms. The predicted octanol–water partition coefficient (Wildman–Crippen LogP) is 3.00. The zero-order valence-electron chi connectivity index (χ0n) is 14.8. The predicted molar refractivity (Wildman–Crippen MR) is 102 cm³/mol. The van der Waals surface area contributed by atoms with Crippen LogP contribution in [0.2, 0.25) is 5.15 Å². The Labute approximate surface area is 160 Å². The fraction of sp³-hybridized carbons (Fsp3) is 0.500. The van der Waals surface area contributed by atoms with E-state index in [0.717, 1.165) is 59.0 Å². The maximum atomic E-state index is 6.35. The average molecular weight is 392 g/mol. The molecule has 8 heteroatoms. The van der Waals surface area contributed by atoms with E-state index in [2.05, 4.69) is 33.7 Å². The lowest BCUT2D eigenvalue weighted by atomic mass is 9.90. The number of morpholine rings is 1. The standard InChI is InChI=1S/C18H19ClN4O2S/c1-18(2)7-10-11(8-25-18)16(23-3-5-24-6-4-23)22-17-12(10)13-14(26-17)15(19)21-9-20-13/h9H,3-8H2,1-2H3/p+1. The number of rotatable bonds is 1. The summed E-state index contributed by atoms with van der Waals surface area (Å²) >= 11 is 7.98. The second-order valence-corrected chi connectivity index (χ2v) is 8.78. The van der Waals surface area contributed by atoms with Crippen LogP contribution in [0.4, 0.5) is 5.82 Å². The summed E-state index contributed by atoms with van der Waals surface area (Å²) in [4.78, 5) is 15.8. The highest BCUT2D eigenvalue weighted by molar-refractivity contribution is 7.25. The van der Waals surface area contributed by atoms with Crippen LogP contribution in [-0.2, 0) is 22.5 Å². The normalized spacial score (nSPS) is 19.9. The van der Waals surface area contributed by atoms with Crippen LogP contribution in [0.15, 0.2) is 6.33 Å². The summed E-state index contributed by atoms with van der Waals surface area (Å²) in [6.07, 6.45) is 2.39. The number of aromatic amines is 1. The molecule has 3 aromatic heterocycles. The molecule has 0 atom stereocenters. The summed E-state index contributed by atoms with van der Waals surface area (Å²) in [6.45, 7) is 8.13. The molecule has 3 aromatic rings. The molecule has 0 unspecified atom stereocenters. The zero-order chi connectivity index (χ0) is 17.9. The Hall–Kier alpha value is -1.54. The van der Waals surface area contributed by atoms with Gasteiger partial charge in [-0.05, 0) is 19.4 Å². The van der Waals surface area contributed by atoms with E-state index >= 15 is 0 Å². The quantitative estimate of drug-likeness (QED) is 0.597. The van der Waals surface area contributed by atoms with Crippen molar-refractivity contribution in [3.63, 3.8) is 0 Å². The number of hydrogen-bond acceptors (Lipinski definition) is 6. The molecule has 6 nitrogen and oxygen atoms in total.